The average Bonchev–Trinajstić information content (AvgIpc) is 3.31. The third-order valence-electron chi connectivity index (χ3n) is 7.20. The van der Waals surface area contributed by atoms with Crippen molar-refractivity contribution in [3.63, 3.8) is 0 Å². The maximum absolute atomic E-state index is 12.6. The molecule has 4 rings (SSSR count). The normalized spacial score (nSPS) is 20.7. The maximum Gasteiger partial charge on any atom is 0.241 e. The first kappa shape index (κ1) is 23.9. The topological polar surface area (TPSA) is 74.5 Å². The van der Waals surface area contributed by atoms with Crippen molar-refractivity contribution in [3.05, 3.63) is 35.7 Å². The Labute approximate surface area is 197 Å². The number of benzene rings is 1. The Morgan fingerprint density at radius 3 is 2.82 bits per heavy atom. The molecule has 0 spiro atoms. The zero-order chi connectivity index (χ0) is 23.0. The Morgan fingerprint density at radius 2 is 2.03 bits per heavy atom. The smallest absolute Gasteiger partial charge is 0.241 e. The molecule has 0 saturated carbocycles. The van der Waals surface area contributed by atoms with Gasteiger partial charge < -0.3 is 14.7 Å². The molecule has 7 nitrogen and oxygen atoms in total. The first-order chi connectivity index (χ1) is 16.1. The SMILES string of the molecule is CCC1CCCCN1CCCNC(=O)C1CCN(Cc2nc(-c3cccc(C)c3)no2)CC1. The second kappa shape index (κ2) is 11.7. The predicted octanol–water partition coefficient (Wildman–Crippen LogP) is 4.03. The Morgan fingerprint density at radius 1 is 1.18 bits per heavy atom. The lowest BCUT2D eigenvalue weighted by Gasteiger charge is -2.35. The number of amides is 1. The third-order valence-corrected chi connectivity index (χ3v) is 7.20. The van der Waals surface area contributed by atoms with Crippen LogP contribution in [0.3, 0.4) is 0 Å². The lowest BCUT2D eigenvalue weighted by molar-refractivity contribution is -0.126. The van der Waals surface area contributed by atoms with Crippen LogP contribution in [0.2, 0.25) is 0 Å². The molecule has 1 N–H and O–H groups in total. The van der Waals surface area contributed by atoms with Gasteiger partial charge in [0.2, 0.25) is 17.6 Å². The number of likely N-dealkylation sites (tertiary alicyclic amines) is 2. The van der Waals surface area contributed by atoms with Crippen LogP contribution in [0.15, 0.2) is 28.8 Å². The molecular weight excluding hydrogens is 414 g/mol. The second-order valence-electron chi connectivity index (χ2n) is 9.67. The van der Waals surface area contributed by atoms with Crippen LogP contribution in [0, 0.1) is 12.8 Å². The summed E-state index contributed by atoms with van der Waals surface area (Å²) < 4.78 is 5.48. The van der Waals surface area contributed by atoms with Crippen molar-refractivity contribution >= 4 is 5.91 Å². The highest BCUT2D eigenvalue weighted by Gasteiger charge is 2.26. The molecule has 2 aliphatic heterocycles. The zero-order valence-corrected chi connectivity index (χ0v) is 20.3. The highest BCUT2D eigenvalue weighted by atomic mass is 16.5. The van der Waals surface area contributed by atoms with Gasteiger partial charge in [0.15, 0.2) is 0 Å². The van der Waals surface area contributed by atoms with Gasteiger partial charge in [0.1, 0.15) is 0 Å². The fraction of sp³-hybridized carbons (Fsp3) is 0.654. The molecule has 1 aromatic heterocycles. The molecule has 3 heterocycles. The lowest BCUT2D eigenvalue weighted by Crippen LogP contribution is -2.42. The molecule has 1 atom stereocenters. The summed E-state index contributed by atoms with van der Waals surface area (Å²) >= 11 is 0. The van der Waals surface area contributed by atoms with Gasteiger partial charge in [0.05, 0.1) is 6.54 Å². The van der Waals surface area contributed by atoms with Crippen LogP contribution in [0.5, 0.6) is 0 Å². The Bertz CT molecular complexity index is 890. The first-order valence-electron chi connectivity index (χ1n) is 12.8. The van der Waals surface area contributed by atoms with Crippen molar-refractivity contribution in [2.45, 2.75) is 71.4 Å². The maximum atomic E-state index is 12.6. The Hall–Kier alpha value is -2.25. The Kier molecular flexibility index (Phi) is 8.51. The van der Waals surface area contributed by atoms with Crippen LogP contribution >= 0.6 is 0 Å². The van der Waals surface area contributed by atoms with E-state index in [1.54, 1.807) is 0 Å². The number of aromatic nitrogens is 2. The van der Waals surface area contributed by atoms with Crippen molar-refractivity contribution in [1.29, 1.82) is 0 Å². The van der Waals surface area contributed by atoms with E-state index in [4.69, 9.17) is 4.52 Å². The number of nitrogens with zero attached hydrogens (tertiary/aromatic N) is 4. The van der Waals surface area contributed by atoms with Crippen molar-refractivity contribution < 1.29 is 9.32 Å². The van der Waals surface area contributed by atoms with Gasteiger partial charge in [-0.15, -0.1) is 0 Å². The number of rotatable bonds is 9. The van der Waals surface area contributed by atoms with Crippen LogP contribution in [0.4, 0.5) is 0 Å². The minimum absolute atomic E-state index is 0.116. The number of piperidine rings is 2. The summed E-state index contributed by atoms with van der Waals surface area (Å²) in [6.07, 6.45) is 8.06. The minimum atomic E-state index is 0.116. The quantitative estimate of drug-likeness (QED) is 0.578. The molecule has 2 fully saturated rings. The van der Waals surface area contributed by atoms with Crippen molar-refractivity contribution in [2.24, 2.45) is 5.92 Å². The van der Waals surface area contributed by atoms with E-state index in [0.717, 1.165) is 57.0 Å². The number of nitrogens with one attached hydrogen (secondary N) is 1. The summed E-state index contributed by atoms with van der Waals surface area (Å²) in [6.45, 7) is 9.86. The molecule has 33 heavy (non-hydrogen) atoms. The van der Waals surface area contributed by atoms with Crippen molar-refractivity contribution in [3.8, 4) is 11.4 Å². The van der Waals surface area contributed by atoms with Gasteiger partial charge in [-0.05, 0) is 71.1 Å². The van der Waals surface area contributed by atoms with Crippen LogP contribution in [-0.4, -0.2) is 64.6 Å². The highest BCUT2D eigenvalue weighted by Crippen LogP contribution is 2.22. The Balaban J connectivity index is 1.15. The van der Waals surface area contributed by atoms with E-state index in [9.17, 15) is 4.79 Å². The number of carbonyl (C=O) groups excluding carboxylic acids is 1. The van der Waals surface area contributed by atoms with Gasteiger partial charge >= 0.3 is 0 Å². The first-order valence-corrected chi connectivity index (χ1v) is 12.8. The van der Waals surface area contributed by atoms with Crippen LogP contribution in [-0.2, 0) is 11.3 Å². The molecule has 2 aromatic rings. The third kappa shape index (κ3) is 6.64. The van der Waals surface area contributed by atoms with Gasteiger partial charge in [-0.3, -0.25) is 9.69 Å². The average molecular weight is 454 g/mol. The predicted molar refractivity (Wildman–Crippen MR) is 130 cm³/mol. The van der Waals surface area contributed by atoms with E-state index < -0.39 is 0 Å². The molecule has 180 valence electrons. The molecule has 1 aromatic carbocycles. The van der Waals surface area contributed by atoms with Crippen LogP contribution in [0.25, 0.3) is 11.4 Å². The summed E-state index contributed by atoms with van der Waals surface area (Å²) in [7, 11) is 0. The van der Waals surface area contributed by atoms with E-state index in [1.165, 1.54) is 37.8 Å². The molecular formula is C26H39N5O2. The molecule has 0 radical (unpaired) electrons. The highest BCUT2D eigenvalue weighted by molar-refractivity contribution is 5.78. The molecule has 1 unspecified atom stereocenters. The summed E-state index contributed by atoms with van der Waals surface area (Å²) in [6, 6.07) is 8.87. The fourth-order valence-electron chi connectivity index (χ4n) is 5.22. The second-order valence-corrected chi connectivity index (χ2v) is 9.67. The summed E-state index contributed by atoms with van der Waals surface area (Å²) in [4.78, 5) is 22.1. The number of carbonyl (C=O) groups is 1. The molecule has 1 amide bonds. The standard InChI is InChI=1S/C26H39N5O2/c1-3-23-10-4-5-14-31(23)15-7-13-27-26(32)21-11-16-30(17-12-21)19-24-28-25(29-33-24)22-9-6-8-20(2)18-22/h6,8-9,18,21,23H,3-5,7,10-17,19H2,1-2H3,(H,27,32). The lowest BCUT2D eigenvalue weighted by atomic mass is 9.96. The van der Waals surface area contributed by atoms with Crippen LogP contribution < -0.4 is 5.32 Å². The van der Waals surface area contributed by atoms with E-state index >= 15 is 0 Å². The number of aryl methyl sites for hydroxylation is 1. The summed E-state index contributed by atoms with van der Waals surface area (Å²) in [5.74, 6) is 1.61. The van der Waals surface area contributed by atoms with Crippen LogP contribution in [0.1, 0.15) is 63.3 Å². The minimum Gasteiger partial charge on any atom is -0.356 e. The molecule has 2 aliphatic rings. The summed E-state index contributed by atoms with van der Waals surface area (Å²) in [5, 5.41) is 7.33. The van der Waals surface area contributed by atoms with Gasteiger partial charge in [-0.1, -0.05) is 42.3 Å². The number of hydrogen-bond acceptors (Lipinski definition) is 6. The molecule has 0 bridgehead atoms. The largest absolute Gasteiger partial charge is 0.356 e. The number of hydrogen-bond donors (Lipinski definition) is 1. The molecule has 7 heteroatoms. The molecule has 2 saturated heterocycles. The van der Waals surface area contributed by atoms with Gasteiger partial charge in [-0.2, -0.15) is 4.98 Å². The molecule has 0 aliphatic carbocycles. The monoisotopic (exact) mass is 453 g/mol. The zero-order valence-electron chi connectivity index (χ0n) is 20.3. The van der Waals surface area contributed by atoms with Crippen molar-refractivity contribution in [1.82, 2.24) is 25.3 Å². The van der Waals surface area contributed by atoms with E-state index in [1.807, 2.05) is 12.1 Å². The van der Waals surface area contributed by atoms with E-state index in [0.29, 0.717) is 18.3 Å². The van der Waals surface area contributed by atoms with Gasteiger partial charge in [-0.25, -0.2) is 0 Å². The summed E-state index contributed by atoms with van der Waals surface area (Å²) in [5.41, 5.74) is 2.15. The van der Waals surface area contributed by atoms with Gasteiger partial charge in [0.25, 0.3) is 0 Å². The van der Waals surface area contributed by atoms with E-state index in [2.05, 4.69) is 51.2 Å². The van der Waals surface area contributed by atoms with E-state index in [-0.39, 0.29) is 11.8 Å². The van der Waals surface area contributed by atoms with Crippen molar-refractivity contribution in [2.75, 3.05) is 32.7 Å². The fourth-order valence-corrected chi connectivity index (χ4v) is 5.22. The van der Waals surface area contributed by atoms with Gasteiger partial charge in [0, 0.05) is 30.6 Å².